The van der Waals surface area contributed by atoms with E-state index in [1.807, 2.05) is 0 Å². The molecule has 0 radical (unpaired) electrons. The number of carbonyl (C=O) groups excluding carboxylic acids is 1. The topological polar surface area (TPSA) is 50.4 Å². The van der Waals surface area contributed by atoms with Crippen LogP contribution in [0, 0.1) is 0 Å². The van der Waals surface area contributed by atoms with Gasteiger partial charge in [-0.05, 0) is 19.4 Å². The van der Waals surface area contributed by atoms with Gasteiger partial charge in [0.15, 0.2) is 0 Å². The number of aliphatic hydroxyl groups excluding tert-OH is 1. The third kappa shape index (κ3) is 2.51. The summed E-state index contributed by atoms with van der Waals surface area (Å²) in [4.78, 5) is 10.6. The first-order valence-corrected chi connectivity index (χ1v) is 3.89. The normalized spacial score (nSPS) is 12.8. The summed E-state index contributed by atoms with van der Waals surface area (Å²) in [5.41, 5.74) is 0.733. The molecule has 0 aliphatic heterocycles. The highest BCUT2D eigenvalue weighted by Crippen LogP contribution is 2.18. The van der Waals surface area contributed by atoms with Crippen LogP contribution in [0.15, 0.2) is 23.0 Å². The fraction of sp³-hybridized carbons (Fsp3) is 0.444. The van der Waals surface area contributed by atoms with Gasteiger partial charge in [-0.2, -0.15) is 0 Å². The second kappa shape index (κ2) is 4.07. The Kier molecular flexibility index (Phi) is 3.05. The summed E-state index contributed by atoms with van der Waals surface area (Å²) in [5, 5.41) is 9.45. The first kappa shape index (κ1) is 9.00. The van der Waals surface area contributed by atoms with Crippen LogP contribution < -0.4 is 0 Å². The third-order valence-corrected chi connectivity index (χ3v) is 1.70. The van der Waals surface area contributed by atoms with Crippen LogP contribution >= 0.6 is 0 Å². The fourth-order valence-corrected chi connectivity index (χ4v) is 0.971. The maximum absolute atomic E-state index is 10.6. The quantitative estimate of drug-likeness (QED) is 0.744. The van der Waals surface area contributed by atoms with Gasteiger partial charge in [0.2, 0.25) is 0 Å². The molecule has 0 saturated carbocycles. The van der Waals surface area contributed by atoms with Crippen LogP contribution in [0.3, 0.4) is 0 Å². The molecule has 1 atom stereocenters. The maximum Gasteiger partial charge on any atom is 0.129 e. The molecule has 0 aromatic carbocycles. The average Bonchev–Trinajstić information content (AvgIpc) is 2.51. The summed E-state index contributed by atoms with van der Waals surface area (Å²) in [7, 11) is 0. The Morgan fingerprint density at radius 2 is 2.50 bits per heavy atom. The van der Waals surface area contributed by atoms with Gasteiger partial charge >= 0.3 is 0 Å². The zero-order valence-electron chi connectivity index (χ0n) is 6.99. The summed E-state index contributed by atoms with van der Waals surface area (Å²) >= 11 is 0. The lowest BCUT2D eigenvalue weighted by atomic mass is 10.1. The molecule has 1 aromatic heterocycles. The van der Waals surface area contributed by atoms with Gasteiger partial charge in [-0.3, -0.25) is 0 Å². The minimum absolute atomic E-state index is 0.0949. The van der Waals surface area contributed by atoms with Crippen LogP contribution in [0.25, 0.3) is 0 Å². The molecule has 3 heteroatoms. The van der Waals surface area contributed by atoms with Gasteiger partial charge in [-0.25, -0.2) is 0 Å². The minimum Gasteiger partial charge on any atom is -0.472 e. The van der Waals surface area contributed by atoms with Crippen molar-refractivity contribution in [2.75, 3.05) is 0 Å². The van der Waals surface area contributed by atoms with Crippen LogP contribution in [0.2, 0.25) is 0 Å². The Morgan fingerprint density at radius 3 is 3.00 bits per heavy atom. The van der Waals surface area contributed by atoms with E-state index in [0.29, 0.717) is 12.8 Å². The van der Waals surface area contributed by atoms with E-state index in [1.165, 1.54) is 19.5 Å². The molecule has 0 spiro atoms. The maximum atomic E-state index is 10.6. The molecule has 1 N–H and O–H groups in total. The zero-order chi connectivity index (χ0) is 8.97. The highest BCUT2D eigenvalue weighted by molar-refractivity contribution is 5.75. The number of ketones is 1. The molecule has 3 nitrogen and oxygen atoms in total. The molecule has 0 aliphatic rings. The molecule has 0 fully saturated rings. The molecule has 1 rings (SSSR count). The monoisotopic (exact) mass is 168 g/mol. The Hall–Kier alpha value is -1.09. The van der Waals surface area contributed by atoms with Crippen molar-refractivity contribution in [2.24, 2.45) is 0 Å². The average molecular weight is 168 g/mol. The Morgan fingerprint density at radius 1 is 1.75 bits per heavy atom. The lowest BCUT2D eigenvalue weighted by Gasteiger charge is -2.05. The Labute approximate surface area is 71.0 Å². The Balaban J connectivity index is 2.39. The molecule has 1 unspecified atom stereocenters. The van der Waals surface area contributed by atoms with E-state index < -0.39 is 6.10 Å². The molecule has 1 aromatic rings. The lowest BCUT2D eigenvalue weighted by molar-refractivity contribution is -0.117. The van der Waals surface area contributed by atoms with Crippen LogP contribution in [-0.2, 0) is 4.79 Å². The molecular formula is C9H12O3. The highest BCUT2D eigenvalue weighted by atomic mass is 16.3. The fourth-order valence-electron chi connectivity index (χ4n) is 0.971. The van der Waals surface area contributed by atoms with Gasteiger partial charge in [0.25, 0.3) is 0 Å². The summed E-state index contributed by atoms with van der Waals surface area (Å²) in [5.74, 6) is 0.0949. The van der Waals surface area contributed by atoms with Crippen molar-refractivity contribution in [3.63, 3.8) is 0 Å². The van der Waals surface area contributed by atoms with Gasteiger partial charge < -0.3 is 14.3 Å². The number of hydrogen-bond donors (Lipinski definition) is 1. The second-order valence-corrected chi connectivity index (χ2v) is 2.81. The highest BCUT2D eigenvalue weighted by Gasteiger charge is 2.08. The molecule has 0 aliphatic carbocycles. The van der Waals surface area contributed by atoms with Crippen LogP contribution in [0.4, 0.5) is 0 Å². The number of hydrogen-bond acceptors (Lipinski definition) is 3. The number of furan rings is 1. The lowest BCUT2D eigenvalue weighted by Crippen LogP contribution is -1.99. The predicted octanol–water partition coefficient (Wildman–Crippen LogP) is 1.68. The SMILES string of the molecule is CC(=O)CCC(O)c1ccoc1. The first-order valence-electron chi connectivity index (χ1n) is 3.89. The second-order valence-electron chi connectivity index (χ2n) is 2.81. The first-order chi connectivity index (χ1) is 5.70. The van der Waals surface area contributed by atoms with E-state index in [1.54, 1.807) is 6.07 Å². The Bertz CT molecular complexity index is 238. The van der Waals surface area contributed by atoms with Gasteiger partial charge in [0.05, 0.1) is 18.6 Å². The van der Waals surface area contributed by atoms with E-state index in [2.05, 4.69) is 0 Å². The molecular weight excluding hydrogens is 156 g/mol. The van der Waals surface area contributed by atoms with E-state index in [4.69, 9.17) is 4.42 Å². The molecule has 0 saturated heterocycles. The number of carbonyl (C=O) groups is 1. The number of rotatable bonds is 4. The van der Waals surface area contributed by atoms with Crippen LogP contribution in [0.1, 0.15) is 31.4 Å². The van der Waals surface area contributed by atoms with E-state index >= 15 is 0 Å². The number of Topliss-reactive ketones (excluding diaryl/α,β-unsaturated/α-hetero) is 1. The molecule has 66 valence electrons. The molecule has 12 heavy (non-hydrogen) atoms. The molecule has 0 amide bonds. The smallest absolute Gasteiger partial charge is 0.129 e. The summed E-state index contributed by atoms with van der Waals surface area (Å²) < 4.78 is 4.80. The van der Waals surface area contributed by atoms with Crippen molar-refractivity contribution in [3.8, 4) is 0 Å². The van der Waals surface area contributed by atoms with Gasteiger partial charge in [0, 0.05) is 12.0 Å². The van der Waals surface area contributed by atoms with Crippen LogP contribution in [-0.4, -0.2) is 10.9 Å². The summed E-state index contributed by atoms with van der Waals surface area (Å²) in [6.07, 6.45) is 3.30. The van der Waals surface area contributed by atoms with Crippen molar-refractivity contribution in [3.05, 3.63) is 24.2 Å². The third-order valence-electron chi connectivity index (χ3n) is 1.70. The molecule has 1 heterocycles. The standard InChI is InChI=1S/C9H12O3/c1-7(10)2-3-9(11)8-4-5-12-6-8/h4-6,9,11H,2-3H2,1H3. The minimum atomic E-state index is -0.576. The summed E-state index contributed by atoms with van der Waals surface area (Å²) in [6, 6.07) is 1.70. The van der Waals surface area contributed by atoms with Crippen molar-refractivity contribution >= 4 is 5.78 Å². The van der Waals surface area contributed by atoms with E-state index in [-0.39, 0.29) is 5.78 Å². The van der Waals surface area contributed by atoms with Crippen LogP contribution in [0.5, 0.6) is 0 Å². The predicted molar refractivity (Wildman–Crippen MR) is 43.6 cm³/mol. The van der Waals surface area contributed by atoms with Gasteiger partial charge in [-0.15, -0.1) is 0 Å². The largest absolute Gasteiger partial charge is 0.472 e. The summed E-state index contributed by atoms with van der Waals surface area (Å²) in [6.45, 7) is 1.52. The van der Waals surface area contributed by atoms with E-state index in [0.717, 1.165) is 5.56 Å². The van der Waals surface area contributed by atoms with Crippen molar-refractivity contribution in [1.82, 2.24) is 0 Å². The van der Waals surface area contributed by atoms with E-state index in [9.17, 15) is 9.90 Å². The van der Waals surface area contributed by atoms with Crippen molar-refractivity contribution < 1.29 is 14.3 Å². The number of aliphatic hydroxyl groups is 1. The van der Waals surface area contributed by atoms with Gasteiger partial charge in [-0.1, -0.05) is 0 Å². The van der Waals surface area contributed by atoms with Gasteiger partial charge in [0.1, 0.15) is 5.78 Å². The van der Waals surface area contributed by atoms with Crippen molar-refractivity contribution in [2.45, 2.75) is 25.9 Å². The molecule has 0 bridgehead atoms. The van der Waals surface area contributed by atoms with Crippen molar-refractivity contribution in [1.29, 1.82) is 0 Å². The zero-order valence-corrected chi connectivity index (χ0v) is 6.99.